The molecule has 5 rings (SSSR count). The average Bonchev–Trinajstić information content (AvgIpc) is 2.79. The highest BCUT2D eigenvalue weighted by molar-refractivity contribution is 7.92. The molecule has 3 N–H and O–H groups in total. The highest BCUT2D eigenvalue weighted by Crippen LogP contribution is 2.31. The Hall–Kier alpha value is -3.37. The summed E-state index contributed by atoms with van der Waals surface area (Å²) >= 11 is 0. The van der Waals surface area contributed by atoms with E-state index < -0.39 is 22.0 Å². The van der Waals surface area contributed by atoms with Gasteiger partial charge in [0.15, 0.2) is 0 Å². The molecule has 2 aromatic rings. The van der Waals surface area contributed by atoms with Crippen LogP contribution in [-0.2, 0) is 19.6 Å². The molecule has 0 saturated carbocycles. The second-order valence-corrected chi connectivity index (χ2v) is 10.0. The molecular formula is C24H28N2O7S. The second-order valence-electron chi connectivity index (χ2n) is 8.28. The first-order valence-electron chi connectivity index (χ1n) is 10.8. The van der Waals surface area contributed by atoms with Crippen molar-refractivity contribution in [3.63, 3.8) is 0 Å². The van der Waals surface area contributed by atoms with Crippen molar-refractivity contribution >= 4 is 27.6 Å². The molecule has 2 bridgehead atoms. The van der Waals surface area contributed by atoms with Gasteiger partial charge in [0.2, 0.25) is 10.0 Å². The zero-order valence-electron chi connectivity index (χ0n) is 18.8. The average molecular weight is 489 g/mol. The number of nitrogens with zero attached hydrogens (tertiary/aromatic N) is 1. The Morgan fingerprint density at radius 3 is 1.85 bits per heavy atom. The van der Waals surface area contributed by atoms with Crippen LogP contribution in [0.4, 0.5) is 5.69 Å². The smallest absolute Gasteiger partial charge is 0.328 e. The lowest BCUT2D eigenvalue weighted by atomic mass is 9.86. The standard InChI is InChI=1S/C20H24N2O3S.C4H4O4/c1-26(23,24)21-18-6-2-15(3-7-18)16-4-8-19(9-5-16)25-20-14-22-12-10-17(20)11-13-22;5-3(6)1-2-4(7)8/h2-9,17,20-21H,10-14H2,1H3;1-2H,(H,5,6)(H,7,8)/b;2-1+. The molecule has 2 aromatic carbocycles. The Labute approximate surface area is 198 Å². The van der Waals surface area contributed by atoms with Gasteiger partial charge in [0.25, 0.3) is 0 Å². The van der Waals surface area contributed by atoms with E-state index in [2.05, 4.69) is 21.8 Å². The van der Waals surface area contributed by atoms with E-state index in [4.69, 9.17) is 14.9 Å². The predicted octanol–water partition coefficient (Wildman–Crippen LogP) is 2.91. The van der Waals surface area contributed by atoms with Crippen molar-refractivity contribution in [1.82, 2.24) is 4.90 Å². The maximum atomic E-state index is 11.3. The number of hydrogen-bond acceptors (Lipinski definition) is 6. The number of ether oxygens (including phenoxy) is 1. The summed E-state index contributed by atoms with van der Waals surface area (Å²) in [6, 6.07) is 15.5. The third-order valence-corrected chi connectivity index (χ3v) is 6.23. The fourth-order valence-electron chi connectivity index (χ4n) is 4.03. The van der Waals surface area contributed by atoms with Crippen LogP contribution in [0.15, 0.2) is 60.7 Å². The van der Waals surface area contributed by atoms with Gasteiger partial charge in [-0.2, -0.15) is 0 Å². The lowest BCUT2D eigenvalue weighted by Crippen LogP contribution is -2.52. The number of piperidine rings is 3. The van der Waals surface area contributed by atoms with Gasteiger partial charge in [-0.05, 0) is 67.2 Å². The van der Waals surface area contributed by atoms with Gasteiger partial charge in [-0.1, -0.05) is 24.3 Å². The summed E-state index contributed by atoms with van der Waals surface area (Å²) in [7, 11) is -3.25. The van der Waals surface area contributed by atoms with E-state index in [0.29, 0.717) is 29.9 Å². The van der Waals surface area contributed by atoms with Crippen LogP contribution in [0.5, 0.6) is 5.75 Å². The van der Waals surface area contributed by atoms with Crippen LogP contribution >= 0.6 is 0 Å². The van der Waals surface area contributed by atoms with Crippen LogP contribution < -0.4 is 9.46 Å². The molecule has 0 spiro atoms. The molecule has 3 heterocycles. The Morgan fingerprint density at radius 1 is 0.941 bits per heavy atom. The number of sulfonamides is 1. The lowest BCUT2D eigenvalue weighted by Gasteiger charge is -2.44. The summed E-state index contributed by atoms with van der Waals surface area (Å²) in [4.78, 5) is 21.6. The summed E-state index contributed by atoms with van der Waals surface area (Å²) in [6.45, 7) is 3.47. The number of carboxylic acids is 2. The van der Waals surface area contributed by atoms with Crippen molar-refractivity contribution in [2.24, 2.45) is 5.92 Å². The summed E-state index contributed by atoms with van der Waals surface area (Å²) in [5, 5.41) is 15.6. The van der Waals surface area contributed by atoms with Crippen molar-refractivity contribution in [1.29, 1.82) is 0 Å². The first-order valence-corrected chi connectivity index (χ1v) is 12.7. The summed E-state index contributed by atoms with van der Waals surface area (Å²) < 4.78 is 31.3. The zero-order chi connectivity index (χ0) is 24.7. The van der Waals surface area contributed by atoms with E-state index in [1.54, 1.807) is 12.1 Å². The molecule has 1 atom stereocenters. The maximum Gasteiger partial charge on any atom is 0.328 e. The summed E-state index contributed by atoms with van der Waals surface area (Å²) in [5.74, 6) is -0.905. The minimum absolute atomic E-state index is 0.310. The Balaban J connectivity index is 0.000000350. The molecule has 3 aliphatic rings. The normalized spacial score (nSPS) is 21.4. The van der Waals surface area contributed by atoms with Gasteiger partial charge < -0.3 is 14.9 Å². The molecule has 0 amide bonds. The first-order chi connectivity index (χ1) is 16.1. The number of anilines is 1. The van der Waals surface area contributed by atoms with Crippen molar-refractivity contribution in [3.8, 4) is 16.9 Å². The van der Waals surface area contributed by atoms with Crippen LogP contribution in [0.3, 0.4) is 0 Å². The highest BCUT2D eigenvalue weighted by atomic mass is 32.2. The minimum atomic E-state index is -3.25. The number of hydrogen-bond donors (Lipinski definition) is 3. The Bertz CT molecular complexity index is 1100. The van der Waals surface area contributed by atoms with Crippen LogP contribution in [0.25, 0.3) is 11.1 Å². The topological polar surface area (TPSA) is 133 Å². The fraction of sp³-hybridized carbons (Fsp3) is 0.333. The molecule has 3 aliphatic heterocycles. The largest absolute Gasteiger partial charge is 0.489 e. The fourth-order valence-corrected chi connectivity index (χ4v) is 4.60. The van der Waals surface area contributed by atoms with E-state index >= 15 is 0 Å². The number of carbonyl (C=O) groups is 2. The van der Waals surface area contributed by atoms with Gasteiger partial charge in [-0.25, -0.2) is 18.0 Å². The van der Waals surface area contributed by atoms with Crippen molar-refractivity contribution < 1.29 is 33.0 Å². The Morgan fingerprint density at radius 2 is 1.44 bits per heavy atom. The van der Waals surface area contributed by atoms with Crippen molar-refractivity contribution in [2.45, 2.75) is 18.9 Å². The molecule has 34 heavy (non-hydrogen) atoms. The third kappa shape index (κ3) is 7.89. The van der Waals surface area contributed by atoms with Crippen molar-refractivity contribution in [2.75, 3.05) is 30.6 Å². The van der Waals surface area contributed by atoms with Gasteiger partial charge in [0, 0.05) is 24.4 Å². The monoisotopic (exact) mass is 488 g/mol. The number of nitrogens with one attached hydrogen (secondary N) is 1. The van der Waals surface area contributed by atoms with E-state index in [1.165, 1.54) is 25.9 Å². The van der Waals surface area contributed by atoms with E-state index in [-0.39, 0.29) is 0 Å². The number of rotatable bonds is 7. The van der Waals surface area contributed by atoms with E-state index in [1.807, 2.05) is 24.3 Å². The number of fused-ring (bicyclic) bond motifs is 3. The molecule has 0 aromatic heterocycles. The SMILES string of the molecule is CS(=O)(=O)Nc1ccc(-c2ccc(OC3CN4CCC3CC4)cc2)cc1.O=C(O)/C=C/C(=O)O. The molecule has 0 aliphatic carbocycles. The molecule has 9 nitrogen and oxygen atoms in total. The summed E-state index contributed by atoms with van der Waals surface area (Å²) in [6.07, 6.45) is 5.07. The van der Waals surface area contributed by atoms with Gasteiger partial charge >= 0.3 is 11.9 Å². The molecule has 3 fully saturated rings. The van der Waals surface area contributed by atoms with E-state index in [0.717, 1.165) is 29.7 Å². The van der Waals surface area contributed by atoms with Crippen LogP contribution in [0.1, 0.15) is 12.8 Å². The van der Waals surface area contributed by atoms with E-state index in [9.17, 15) is 18.0 Å². The van der Waals surface area contributed by atoms with Gasteiger partial charge in [-0.3, -0.25) is 9.62 Å². The first kappa shape index (κ1) is 25.3. The zero-order valence-corrected chi connectivity index (χ0v) is 19.6. The van der Waals surface area contributed by atoms with Crippen molar-refractivity contribution in [3.05, 3.63) is 60.7 Å². The third-order valence-electron chi connectivity index (χ3n) is 5.63. The number of benzene rings is 2. The minimum Gasteiger partial charge on any atom is -0.489 e. The van der Waals surface area contributed by atoms with Crippen LogP contribution in [-0.4, -0.2) is 67.5 Å². The molecule has 1 unspecified atom stereocenters. The van der Waals surface area contributed by atoms with Gasteiger partial charge in [0.1, 0.15) is 11.9 Å². The van der Waals surface area contributed by atoms with Crippen LogP contribution in [0, 0.1) is 5.92 Å². The maximum absolute atomic E-state index is 11.3. The molecular weight excluding hydrogens is 460 g/mol. The molecule has 0 radical (unpaired) electrons. The Kier molecular flexibility index (Phi) is 8.30. The van der Waals surface area contributed by atoms with Gasteiger partial charge in [-0.15, -0.1) is 0 Å². The quantitative estimate of drug-likeness (QED) is 0.507. The van der Waals surface area contributed by atoms with Gasteiger partial charge in [0.05, 0.1) is 6.26 Å². The van der Waals surface area contributed by atoms with Crippen LogP contribution in [0.2, 0.25) is 0 Å². The second kappa shape index (κ2) is 11.2. The number of aliphatic carboxylic acids is 2. The molecule has 3 saturated heterocycles. The molecule has 10 heteroatoms. The predicted molar refractivity (Wildman–Crippen MR) is 128 cm³/mol. The highest BCUT2D eigenvalue weighted by Gasteiger charge is 2.35. The number of carboxylic acid groups (broad SMARTS) is 2. The lowest BCUT2D eigenvalue weighted by molar-refractivity contribution is -0.134. The summed E-state index contributed by atoms with van der Waals surface area (Å²) in [5.41, 5.74) is 2.69. The molecule has 182 valence electrons.